The van der Waals surface area contributed by atoms with Gasteiger partial charge in [0.2, 0.25) is 0 Å². The van der Waals surface area contributed by atoms with Crippen molar-refractivity contribution in [3.63, 3.8) is 0 Å². The number of nitrogens with one attached hydrogen (secondary N) is 2. The van der Waals surface area contributed by atoms with Gasteiger partial charge in [0.1, 0.15) is 5.54 Å². The highest BCUT2D eigenvalue weighted by atomic mass is 35.5. The summed E-state index contributed by atoms with van der Waals surface area (Å²) in [5.41, 5.74) is 0.843. The number of amides is 3. The predicted molar refractivity (Wildman–Crippen MR) is 104 cm³/mol. The first-order valence-electron chi connectivity index (χ1n) is 8.70. The molecule has 0 unspecified atom stereocenters. The van der Waals surface area contributed by atoms with Crippen LogP contribution < -0.4 is 5.32 Å². The van der Waals surface area contributed by atoms with Crippen LogP contribution in [-0.2, 0) is 10.3 Å². The van der Waals surface area contributed by atoms with Crippen LogP contribution in [0.2, 0.25) is 5.02 Å². The number of aromatic amines is 1. The van der Waals surface area contributed by atoms with E-state index in [0.717, 1.165) is 4.90 Å². The fourth-order valence-corrected chi connectivity index (χ4v) is 3.99. The number of ketones is 2. The Morgan fingerprint density at radius 3 is 2.39 bits per heavy atom. The summed E-state index contributed by atoms with van der Waals surface area (Å²) in [5.74, 6) is -1.18. The summed E-state index contributed by atoms with van der Waals surface area (Å²) in [6.45, 7) is 5.89. The van der Waals surface area contributed by atoms with Gasteiger partial charge in [-0.2, -0.15) is 0 Å². The van der Waals surface area contributed by atoms with Crippen molar-refractivity contribution in [3.05, 3.63) is 57.4 Å². The summed E-state index contributed by atoms with van der Waals surface area (Å²) in [5, 5.41) is 2.97. The smallest absolute Gasteiger partial charge is 0.325 e. The van der Waals surface area contributed by atoms with Crippen LogP contribution >= 0.6 is 11.6 Å². The highest BCUT2D eigenvalue weighted by Crippen LogP contribution is 2.33. The van der Waals surface area contributed by atoms with E-state index in [1.807, 2.05) is 0 Å². The van der Waals surface area contributed by atoms with Gasteiger partial charge in [0.05, 0.1) is 12.2 Å². The topological polar surface area (TPSA) is 99.3 Å². The molecule has 1 atom stereocenters. The lowest BCUT2D eigenvalue weighted by Crippen LogP contribution is -2.41. The minimum atomic E-state index is -1.36. The lowest BCUT2D eigenvalue weighted by Gasteiger charge is -2.23. The molecule has 0 aliphatic carbocycles. The zero-order chi connectivity index (χ0) is 20.8. The molecular weight excluding hydrogens is 382 g/mol. The van der Waals surface area contributed by atoms with Crippen molar-refractivity contribution >= 4 is 35.1 Å². The third kappa shape index (κ3) is 3.01. The maximum atomic E-state index is 13.0. The third-order valence-corrected chi connectivity index (χ3v) is 5.39. The van der Waals surface area contributed by atoms with Gasteiger partial charge in [0, 0.05) is 21.8 Å². The Kier molecular flexibility index (Phi) is 4.89. The molecule has 1 saturated heterocycles. The van der Waals surface area contributed by atoms with E-state index < -0.39 is 29.8 Å². The molecule has 2 N–H and O–H groups in total. The second-order valence-corrected chi connectivity index (χ2v) is 7.44. The molecule has 1 aliphatic rings. The minimum absolute atomic E-state index is 0.161. The standard InChI is InChI=1S/C20H20ClN3O4/c1-10-16(12(3)25)11(2)22-17(10)15(26)9-24-18(27)20(4,23-19(24)28)13-7-5-6-8-14(13)21/h5-8,22H,9H2,1-4H3,(H,23,28)/t20-/m1/s1. The first kappa shape index (κ1) is 19.8. The first-order valence-corrected chi connectivity index (χ1v) is 9.08. The van der Waals surface area contributed by atoms with Crippen molar-refractivity contribution < 1.29 is 19.2 Å². The van der Waals surface area contributed by atoms with Gasteiger partial charge < -0.3 is 10.3 Å². The van der Waals surface area contributed by atoms with Crippen LogP contribution in [0.5, 0.6) is 0 Å². The van der Waals surface area contributed by atoms with E-state index in [9.17, 15) is 19.2 Å². The molecule has 1 aromatic heterocycles. The molecule has 3 amide bonds. The van der Waals surface area contributed by atoms with E-state index in [1.165, 1.54) is 6.92 Å². The number of imide groups is 1. The number of urea groups is 1. The molecule has 2 heterocycles. The Morgan fingerprint density at radius 1 is 1.18 bits per heavy atom. The van der Waals surface area contributed by atoms with E-state index in [2.05, 4.69) is 10.3 Å². The fourth-order valence-electron chi connectivity index (χ4n) is 3.67. The van der Waals surface area contributed by atoms with Gasteiger partial charge in [0.15, 0.2) is 11.6 Å². The summed E-state index contributed by atoms with van der Waals surface area (Å²) in [4.78, 5) is 53.8. The van der Waals surface area contributed by atoms with Crippen LogP contribution in [0.4, 0.5) is 4.79 Å². The number of carbonyl (C=O) groups excluding carboxylic acids is 4. The fraction of sp³-hybridized carbons (Fsp3) is 0.300. The summed E-state index contributed by atoms with van der Waals surface area (Å²) < 4.78 is 0. The quantitative estimate of drug-likeness (QED) is 0.593. The Hall–Kier alpha value is -2.93. The number of nitrogens with zero attached hydrogens (tertiary/aromatic N) is 1. The van der Waals surface area contributed by atoms with Crippen molar-refractivity contribution in [2.75, 3.05) is 6.54 Å². The minimum Gasteiger partial charge on any atom is -0.355 e. The monoisotopic (exact) mass is 401 g/mol. The largest absolute Gasteiger partial charge is 0.355 e. The number of benzene rings is 1. The molecule has 28 heavy (non-hydrogen) atoms. The molecule has 0 spiro atoms. The van der Waals surface area contributed by atoms with Gasteiger partial charge in [-0.3, -0.25) is 19.3 Å². The third-order valence-electron chi connectivity index (χ3n) is 5.06. The second-order valence-electron chi connectivity index (χ2n) is 7.03. The summed E-state index contributed by atoms with van der Waals surface area (Å²) in [6.07, 6.45) is 0. The van der Waals surface area contributed by atoms with Crippen LogP contribution in [0.25, 0.3) is 0 Å². The Morgan fingerprint density at radius 2 is 1.82 bits per heavy atom. The molecule has 3 rings (SSSR count). The maximum absolute atomic E-state index is 13.0. The second kappa shape index (κ2) is 6.91. The first-order chi connectivity index (χ1) is 13.1. The van der Waals surface area contributed by atoms with E-state index in [4.69, 9.17) is 11.6 Å². The van der Waals surface area contributed by atoms with E-state index >= 15 is 0 Å². The van der Waals surface area contributed by atoms with Gasteiger partial charge in [-0.1, -0.05) is 29.8 Å². The Bertz CT molecular complexity index is 1030. The van der Waals surface area contributed by atoms with Crippen molar-refractivity contribution in [2.45, 2.75) is 33.2 Å². The molecule has 1 aromatic carbocycles. The van der Waals surface area contributed by atoms with Crippen molar-refractivity contribution in [3.8, 4) is 0 Å². The Balaban J connectivity index is 1.90. The van der Waals surface area contributed by atoms with Gasteiger partial charge in [-0.15, -0.1) is 0 Å². The van der Waals surface area contributed by atoms with Crippen LogP contribution in [0.1, 0.15) is 51.5 Å². The van der Waals surface area contributed by atoms with Crippen LogP contribution in [-0.4, -0.2) is 39.9 Å². The molecule has 8 heteroatoms. The van der Waals surface area contributed by atoms with Crippen LogP contribution in [0.15, 0.2) is 24.3 Å². The number of H-pyrrole nitrogens is 1. The van der Waals surface area contributed by atoms with Crippen molar-refractivity contribution in [1.82, 2.24) is 15.2 Å². The number of Topliss-reactive ketones (excluding diaryl/α,β-unsaturated/α-hetero) is 2. The van der Waals surface area contributed by atoms with Crippen LogP contribution in [0.3, 0.4) is 0 Å². The highest BCUT2D eigenvalue weighted by Gasteiger charge is 2.50. The molecule has 0 saturated carbocycles. The molecule has 2 aromatic rings. The SMILES string of the molecule is CC(=O)c1c(C)[nH]c(C(=O)CN2C(=O)N[C@](C)(c3ccccc3Cl)C2=O)c1C. The number of aryl methyl sites for hydroxylation is 1. The van der Waals surface area contributed by atoms with E-state index in [0.29, 0.717) is 27.4 Å². The average Bonchev–Trinajstić information content (AvgIpc) is 3.03. The predicted octanol–water partition coefficient (Wildman–Crippen LogP) is 3.14. The zero-order valence-electron chi connectivity index (χ0n) is 16.0. The normalized spacial score (nSPS) is 19.1. The van der Waals surface area contributed by atoms with E-state index in [-0.39, 0.29) is 11.5 Å². The lowest BCUT2D eigenvalue weighted by molar-refractivity contribution is -0.130. The zero-order valence-corrected chi connectivity index (χ0v) is 16.7. The van der Waals surface area contributed by atoms with E-state index in [1.54, 1.807) is 45.0 Å². The summed E-state index contributed by atoms with van der Waals surface area (Å²) in [6, 6.07) is 6.05. The molecule has 1 aliphatic heterocycles. The maximum Gasteiger partial charge on any atom is 0.325 e. The number of carbonyl (C=O) groups is 4. The molecule has 7 nitrogen and oxygen atoms in total. The summed E-state index contributed by atoms with van der Waals surface area (Å²) >= 11 is 6.20. The number of rotatable bonds is 5. The molecule has 0 radical (unpaired) electrons. The highest BCUT2D eigenvalue weighted by molar-refractivity contribution is 6.32. The van der Waals surface area contributed by atoms with Gasteiger partial charge in [-0.05, 0) is 39.3 Å². The van der Waals surface area contributed by atoms with Crippen molar-refractivity contribution in [2.24, 2.45) is 0 Å². The van der Waals surface area contributed by atoms with Gasteiger partial charge in [-0.25, -0.2) is 4.79 Å². The number of hydrogen-bond donors (Lipinski definition) is 2. The Labute approximate surface area is 167 Å². The number of hydrogen-bond acceptors (Lipinski definition) is 4. The average molecular weight is 402 g/mol. The molecule has 1 fully saturated rings. The molecule has 146 valence electrons. The molecule has 0 bridgehead atoms. The summed E-state index contributed by atoms with van der Waals surface area (Å²) in [7, 11) is 0. The molecular formula is C20H20ClN3O4. The van der Waals surface area contributed by atoms with Gasteiger partial charge >= 0.3 is 6.03 Å². The van der Waals surface area contributed by atoms with Crippen LogP contribution in [0, 0.1) is 13.8 Å². The van der Waals surface area contributed by atoms with Crippen molar-refractivity contribution in [1.29, 1.82) is 0 Å². The number of halogens is 1. The lowest BCUT2D eigenvalue weighted by atomic mass is 9.92. The van der Waals surface area contributed by atoms with Gasteiger partial charge in [0.25, 0.3) is 5.91 Å². The number of aromatic nitrogens is 1.